The number of rotatable bonds is 8. The summed E-state index contributed by atoms with van der Waals surface area (Å²) in [6, 6.07) is 14.1. The predicted molar refractivity (Wildman–Crippen MR) is 244 cm³/mol. The second-order valence-corrected chi connectivity index (χ2v) is 17.3. The number of nitrogens with zero attached hydrogens (tertiary/aromatic N) is 11. The lowest BCUT2D eigenvalue weighted by Gasteiger charge is -2.41. The van der Waals surface area contributed by atoms with Crippen LogP contribution in [0.4, 0.5) is 15.9 Å². The van der Waals surface area contributed by atoms with Gasteiger partial charge in [0.1, 0.15) is 28.3 Å². The molecule has 5 aromatic heterocycles. The van der Waals surface area contributed by atoms with Crippen LogP contribution in [0.2, 0.25) is 0 Å². The zero-order valence-corrected chi connectivity index (χ0v) is 36.4. The van der Waals surface area contributed by atoms with E-state index in [4.69, 9.17) is 15.0 Å². The van der Waals surface area contributed by atoms with E-state index in [1.165, 1.54) is 11.7 Å². The van der Waals surface area contributed by atoms with Crippen LogP contribution in [-0.4, -0.2) is 118 Å². The van der Waals surface area contributed by atoms with Crippen LogP contribution in [0.15, 0.2) is 61.1 Å². The maximum atomic E-state index is 15.2. The van der Waals surface area contributed by atoms with Gasteiger partial charge in [0.2, 0.25) is 0 Å². The maximum absolute atomic E-state index is 15.2. The number of hydrogen-bond donors (Lipinski definition) is 5. The van der Waals surface area contributed by atoms with E-state index in [-0.39, 0.29) is 52.5 Å². The lowest BCUT2D eigenvalue weighted by atomic mass is 9.99. The number of aromatic hydroxyl groups is 2. The largest absolute Gasteiger partial charge is 0.507 e. The molecule has 17 nitrogen and oxygen atoms in total. The van der Waals surface area contributed by atoms with Gasteiger partial charge in [-0.25, -0.2) is 29.3 Å². The minimum absolute atomic E-state index is 0.0353. The lowest BCUT2D eigenvalue weighted by Crippen LogP contribution is -2.58. The van der Waals surface area contributed by atoms with E-state index in [2.05, 4.69) is 59.8 Å². The summed E-state index contributed by atoms with van der Waals surface area (Å²) in [6.07, 6.45) is 7.16. The van der Waals surface area contributed by atoms with E-state index in [1.54, 1.807) is 30.2 Å². The average molecular weight is 865 g/mol. The van der Waals surface area contributed by atoms with E-state index < -0.39 is 17.5 Å². The molecule has 3 aromatic carbocycles. The molecule has 8 aromatic rings. The first-order chi connectivity index (χ1) is 30.8. The van der Waals surface area contributed by atoms with E-state index in [1.807, 2.05) is 56.6 Å². The number of carbonyl (C=O) groups is 1. The Bertz CT molecular complexity index is 3150. The molecule has 0 saturated carbocycles. The Morgan fingerprint density at radius 2 is 1.39 bits per heavy atom. The Morgan fingerprint density at radius 1 is 0.766 bits per heavy atom. The number of phenolic OH excluding ortho intramolecular Hbond substituents is 2. The molecule has 7 heterocycles. The second-order valence-electron chi connectivity index (χ2n) is 17.3. The highest BCUT2D eigenvalue weighted by atomic mass is 19.1. The molecule has 0 bridgehead atoms. The fourth-order valence-electron chi connectivity index (χ4n) is 9.47. The van der Waals surface area contributed by atoms with Crippen LogP contribution >= 0.6 is 0 Å². The van der Waals surface area contributed by atoms with Crippen molar-refractivity contribution in [3.8, 4) is 34.3 Å². The van der Waals surface area contributed by atoms with E-state index in [0.717, 1.165) is 61.4 Å². The molecule has 10 rings (SSSR count). The van der Waals surface area contributed by atoms with Crippen molar-refractivity contribution in [3.05, 3.63) is 78.1 Å². The molecule has 2 fully saturated rings. The molecule has 4 atom stereocenters. The van der Waals surface area contributed by atoms with Gasteiger partial charge in [-0.15, -0.1) is 0 Å². The Hall–Kier alpha value is -7.05. The third kappa shape index (κ3) is 7.41. The first-order valence-electron chi connectivity index (χ1n) is 21.5. The van der Waals surface area contributed by atoms with Crippen LogP contribution in [0, 0.1) is 12.7 Å². The molecular formula is C46H49FN14O3. The maximum Gasteiger partial charge on any atom is 0.270 e. The highest BCUT2D eigenvalue weighted by molar-refractivity contribution is 6.06. The first kappa shape index (κ1) is 41.0. The monoisotopic (exact) mass is 864 g/mol. The summed E-state index contributed by atoms with van der Waals surface area (Å²) in [5, 5.41) is 42.7. The van der Waals surface area contributed by atoms with Crippen molar-refractivity contribution >= 4 is 61.2 Å². The van der Waals surface area contributed by atoms with Crippen LogP contribution in [0.5, 0.6) is 11.5 Å². The molecule has 2 unspecified atom stereocenters. The average Bonchev–Trinajstić information content (AvgIpc) is 3.87. The van der Waals surface area contributed by atoms with Crippen molar-refractivity contribution in [3.63, 3.8) is 0 Å². The molecule has 1 amide bonds. The number of phenols is 2. The third-order valence-corrected chi connectivity index (χ3v) is 12.4. The van der Waals surface area contributed by atoms with Crippen LogP contribution in [0.3, 0.4) is 0 Å². The zero-order chi connectivity index (χ0) is 44.6. The van der Waals surface area contributed by atoms with Gasteiger partial charge in [0.15, 0.2) is 23.2 Å². The number of aromatic nitrogens is 9. The molecule has 18 heteroatoms. The molecular weight excluding hydrogens is 816 g/mol. The van der Waals surface area contributed by atoms with Crippen LogP contribution in [-0.2, 0) is 14.1 Å². The summed E-state index contributed by atoms with van der Waals surface area (Å²) < 4.78 is 18.4. The van der Waals surface area contributed by atoms with Crippen molar-refractivity contribution in [2.75, 3.05) is 43.0 Å². The quantitative estimate of drug-likeness (QED) is 0.135. The molecule has 2 saturated heterocycles. The van der Waals surface area contributed by atoms with Crippen LogP contribution < -0.4 is 25.8 Å². The van der Waals surface area contributed by atoms with Gasteiger partial charge in [-0.2, -0.15) is 10.2 Å². The fraction of sp³-hybridized carbons (Fsp3) is 0.348. The Labute approximate surface area is 367 Å². The summed E-state index contributed by atoms with van der Waals surface area (Å²) in [7, 11) is 5.06. The van der Waals surface area contributed by atoms with Gasteiger partial charge in [0, 0.05) is 111 Å². The van der Waals surface area contributed by atoms with Gasteiger partial charge in [-0.1, -0.05) is 0 Å². The number of hydrogen-bond acceptors (Lipinski definition) is 14. The number of amides is 1. The topological polar surface area (TPSA) is 200 Å². The Kier molecular flexibility index (Phi) is 10.2. The van der Waals surface area contributed by atoms with Gasteiger partial charge in [-0.3, -0.25) is 14.2 Å². The van der Waals surface area contributed by atoms with E-state index in [9.17, 15) is 15.0 Å². The molecule has 5 N–H and O–H groups in total. The number of aryl methyl sites for hydroxylation is 3. The predicted octanol–water partition coefficient (Wildman–Crippen LogP) is 5.11. The molecule has 328 valence electrons. The summed E-state index contributed by atoms with van der Waals surface area (Å²) in [4.78, 5) is 41.7. The zero-order valence-electron chi connectivity index (χ0n) is 36.4. The summed E-state index contributed by atoms with van der Waals surface area (Å²) in [6.45, 7) is 9.35. The number of anilines is 2. The fourth-order valence-corrected chi connectivity index (χ4v) is 9.47. The lowest BCUT2D eigenvalue weighted by molar-refractivity contribution is 0.0960. The van der Waals surface area contributed by atoms with Gasteiger partial charge in [-0.05, 0) is 76.1 Å². The number of halogens is 1. The molecule has 2 aliphatic rings. The smallest absolute Gasteiger partial charge is 0.270 e. The highest BCUT2D eigenvalue weighted by Crippen LogP contribution is 2.38. The van der Waals surface area contributed by atoms with Crippen molar-refractivity contribution in [2.24, 2.45) is 14.1 Å². The highest BCUT2D eigenvalue weighted by Gasteiger charge is 2.30. The number of nitrogens with one attached hydrogen (secondary N) is 3. The van der Waals surface area contributed by atoms with Gasteiger partial charge in [0.25, 0.3) is 5.91 Å². The minimum Gasteiger partial charge on any atom is -0.507 e. The Balaban J connectivity index is 0.841. The molecule has 0 radical (unpaired) electrons. The third-order valence-electron chi connectivity index (χ3n) is 12.4. The summed E-state index contributed by atoms with van der Waals surface area (Å²) in [5.74, 6) is -0.457. The van der Waals surface area contributed by atoms with Crippen molar-refractivity contribution in [1.82, 2.24) is 60.4 Å². The SMILES string of the molecule is CNC(=O)c1nc(-c2cc3cn(C)nc3c(F)c2O)nc2ccc(N3C[C@@H](CCC4CN(c5ccc6nc(-c7cc8cn(C)nc8c(C)c7O)ncc6n5)CC(C)N4)N[C@@H](C)C3)cc12. The molecule has 2 aliphatic heterocycles. The Morgan fingerprint density at radius 3 is 2.11 bits per heavy atom. The van der Waals surface area contributed by atoms with Crippen LogP contribution in [0.25, 0.3) is 66.5 Å². The summed E-state index contributed by atoms with van der Waals surface area (Å²) >= 11 is 0. The van der Waals surface area contributed by atoms with Gasteiger partial charge < -0.3 is 36.0 Å². The van der Waals surface area contributed by atoms with Gasteiger partial charge >= 0.3 is 0 Å². The molecule has 0 spiro atoms. The number of fused-ring (bicyclic) bond motifs is 4. The van der Waals surface area contributed by atoms with Crippen LogP contribution in [0.1, 0.15) is 42.7 Å². The first-order valence-corrected chi connectivity index (χ1v) is 21.5. The normalized spacial score (nSPS) is 19.4. The second kappa shape index (κ2) is 15.9. The number of benzene rings is 3. The van der Waals surface area contributed by atoms with E-state index >= 15 is 4.39 Å². The van der Waals surface area contributed by atoms with Crippen molar-refractivity contribution in [2.45, 2.75) is 57.8 Å². The van der Waals surface area contributed by atoms with Crippen molar-refractivity contribution < 1.29 is 19.4 Å². The minimum atomic E-state index is -0.871. The molecule has 0 aliphatic carbocycles. The molecule has 64 heavy (non-hydrogen) atoms. The number of pyridine rings is 1. The van der Waals surface area contributed by atoms with E-state index in [0.29, 0.717) is 44.3 Å². The van der Waals surface area contributed by atoms with Gasteiger partial charge in [0.05, 0.1) is 33.9 Å². The number of carbonyl (C=O) groups excluding carboxylic acids is 1. The standard InChI is InChI=1S/C46H49FN14O3/c1-23-17-60(30-9-10-34-31(15-30)41(46(64)48-4)55-45(53-34)33-14-27-20-59(6)57-40(27)38(47)43(33)63)21-28(50-23)7-8-29-22-61(18-24(2)51-29)37-12-11-35-36(52-37)16-49-44(54-35)32-13-26-19-58(5)56-39(26)25(3)42(32)62/h9-16,19-20,23-24,28-29,50-51,62-63H,7-8,17-18,21-22H2,1-6H3,(H,48,64)/t23-,24?,28+,29?/m0/s1. The summed E-state index contributed by atoms with van der Waals surface area (Å²) in [5.41, 5.74) is 5.05. The van der Waals surface area contributed by atoms with Crippen molar-refractivity contribution in [1.29, 1.82) is 0 Å². The number of piperazine rings is 2.